The summed E-state index contributed by atoms with van der Waals surface area (Å²) in [7, 11) is -1.30. The summed E-state index contributed by atoms with van der Waals surface area (Å²) >= 11 is 0. The SMILES string of the molecule is NC(O)(CCCCB(O)O)C1CC(NCc2ccc(F)c3ccccc23)C1. The lowest BCUT2D eigenvalue weighted by Gasteiger charge is -2.44. The number of unbranched alkanes of at least 4 members (excludes halogenated alkanes) is 1. The number of nitrogens with one attached hydrogen (secondary N) is 1. The van der Waals surface area contributed by atoms with Crippen molar-refractivity contribution >= 4 is 17.9 Å². The summed E-state index contributed by atoms with van der Waals surface area (Å²) in [5, 5.41) is 33.2. The van der Waals surface area contributed by atoms with E-state index in [9.17, 15) is 9.50 Å². The second-order valence-corrected chi connectivity index (χ2v) is 7.72. The van der Waals surface area contributed by atoms with E-state index in [2.05, 4.69) is 5.32 Å². The molecule has 7 heteroatoms. The molecule has 0 saturated heterocycles. The number of nitrogens with two attached hydrogens (primary N) is 1. The van der Waals surface area contributed by atoms with Crippen molar-refractivity contribution < 1.29 is 19.5 Å². The molecule has 0 bridgehead atoms. The van der Waals surface area contributed by atoms with Gasteiger partial charge in [0.15, 0.2) is 0 Å². The van der Waals surface area contributed by atoms with Crippen LogP contribution in [0.15, 0.2) is 36.4 Å². The average Bonchev–Trinajstić information content (AvgIpc) is 2.59. The molecule has 0 aliphatic heterocycles. The Bertz CT molecular complexity index is 766. The first-order valence-electron chi connectivity index (χ1n) is 9.63. The maximum absolute atomic E-state index is 13.9. The number of fused-ring (bicyclic) bond motifs is 1. The molecule has 1 aliphatic carbocycles. The van der Waals surface area contributed by atoms with Crippen molar-refractivity contribution in [1.29, 1.82) is 0 Å². The molecule has 0 amide bonds. The second kappa shape index (κ2) is 8.67. The highest BCUT2D eigenvalue weighted by Gasteiger charge is 2.41. The fraction of sp³-hybridized carbons (Fsp3) is 0.500. The van der Waals surface area contributed by atoms with Crippen LogP contribution in [0.3, 0.4) is 0 Å². The molecule has 1 unspecified atom stereocenters. The molecule has 2 aromatic carbocycles. The first kappa shape index (κ1) is 20.2. The summed E-state index contributed by atoms with van der Waals surface area (Å²) < 4.78 is 13.9. The summed E-state index contributed by atoms with van der Waals surface area (Å²) in [6, 6.07) is 11.1. The van der Waals surface area contributed by atoms with Gasteiger partial charge in [0, 0.05) is 23.9 Å². The summed E-state index contributed by atoms with van der Waals surface area (Å²) in [6.45, 7) is 0.648. The van der Waals surface area contributed by atoms with Crippen LogP contribution in [-0.4, -0.2) is 34.0 Å². The van der Waals surface area contributed by atoms with Crippen molar-refractivity contribution in [3.63, 3.8) is 0 Å². The van der Waals surface area contributed by atoms with Crippen LogP contribution >= 0.6 is 0 Å². The zero-order valence-corrected chi connectivity index (χ0v) is 15.4. The number of rotatable bonds is 9. The average molecular weight is 374 g/mol. The molecule has 0 heterocycles. The highest BCUT2D eigenvalue weighted by molar-refractivity contribution is 6.40. The quantitative estimate of drug-likeness (QED) is 0.263. The largest absolute Gasteiger partial charge is 0.451 e. The zero-order chi connectivity index (χ0) is 19.4. The Labute approximate surface area is 159 Å². The standard InChI is InChI=1S/C20H28BFN2O3/c22-19-8-7-14(17-5-1-2-6-18(17)19)13-24-16-11-15(12-16)20(23,25)9-3-4-10-21(26)27/h1-2,5-8,15-16,24-27H,3-4,9-13,23H2. The van der Waals surface area contributed by atoms with Crippen LogP contribution in [0.25, 0.3) is 10.8 Å². The Morgan fingerprint density at radius 3 is 2.52 bits per heavy atom. The third-order valence-corrected chi connectivity index (χ3v) is 5.68. The first-order chi connectivity index (χ1) is 12.9. The van der Waals surface area contributed by atoms with Crippen molar-refractivity contribution in [2.45, 2.75) is 56.7 Å². The lowest BCUT2D eigenvalue weighted by atomic mass is 9.71. The van der Waals surface area contributed by atoms with Crippen LogP contribution in [-0.2, 0) is 6.54 Å². The molecule has 1 fully saturated rings. The van der Waals surface area contributed by atoms with Gasteiger partial charge >= 0.3 is 7.12 Å². The minimum absolute atomic E-state index is 0.0408. The molecule has 3 rings (SSSR count). The molecule has 146 valence electrons. The number of hydrogen-bond donors (Lipinski definition) is 5. The molecule has 1 saturated carbocycles. The normalized spacial score (nSPS) is 21.7. The number of benzene rings is 2. The Morgan fingerprint density at radius 2 is 1.81 bits per heavy atom. The van der Waals surface area contributed by atoms with Gasteiger partial charge < -0.3 is 26.2 Å². The molecule has 0 spiro atoms. The fourth-order valence-corrected chi connectivity index (χ4v) is 3.87. The summed E-state index contributed by atoms with van der Waals surface area (Å²) in [5.41, 5.74) is 5.91. The molecular formula is C20H28BFN2O3. The third kappa shape index (κ3) is 5.06. The van der Waals surface area contributed by atoms with E-state index in [4.69, 9.17) is 15.8 Å². The van der Waals surface area contributed by atoms with Gasteiger partial charge in [-0.25, -0.2) is 4.39 Å². The summed E-state index contributed by atoms with van der Waals surface area (Å²) in [6.07, 6.45) is 3.66. The van der Waals surface area contributed by atoms with Crippen LogP contribution in [0.4, 0.5) is 4.39 Å². The predicted octanol–water partition coefficient (Wildman–Crippen LogP) is 2.14. The van der Waals surface area contributed by atoms with Gasteiger partial charge in [0.25, 0.3) is 0 Å². The van der Waals surface area contributed by atoms with Crippen LogP contribution < -0.4 is 11.1 Å². The minimum atomic E-state index is -1.30. The molecule has 1 aliphatic rings. The molecule has 1 atom stereocenters. The van der Waals surface area contributed by atoms with E-state index < -0.39 is 12.8 Å². The van der Waals surface area contributed by atoms with Gasteiger partial charge in [-0.1, -0.05) is 36.8 Å². The maximum Gasteiger partial charge on any atom is 0.451 e. The van der Waals surface area contributed by atoms with Crippen LogP contribution in [0.1, 0.15) is 37.7 Å². The van der Waals surface area contributed by atoms with E-state index in [0.29, 0.717) is 37.5 Å². The number of halogens is 1. The monoisotopic (exact) mass is 374 g/mol. The second-order valence-electron chi connectivity index (χ2n) is 7.72. The van der Waals surface area contributed by atoms with Gasteiger partial charge in [-0.3, -0.25) is 0 Å². The van der Waals surface area contributed by atoms with E-state index in [0.717, 1.165) is 23.8 Å². The van der Waals surface area contributed by atoms with Crippen molar-refractivity contribution in [3.8, 4) is 0 Å². The van der Waals surface area contributed by atoms with Gasteiger partial charge in [-0.2, -0.15) is 0 Å². The molecule has 2 aromatic rings. The van der Waals surface area contributed by atoms with Gasteiger partial charge in [0.1, 0.15) is 11.5 Å². The highest BCUT2D eigenvalue weighted by Crippen LogP contribution is 2.37. The van der Waals surface area contributed by atoms with Gasteiger partial charge in [0.05, 0.1) is 0 Å². The van der Waals surface area contributed by atoms with Gasteiger partial charge in [0.2, 0.25) is 0 Å². The first-order valence-corrected chi connectivity index (χ1v) is 9.63. The summed E-state index contributed by atoms with van der Waals surface area (Å²) in [4.78, 5) is 0. The van der Waals surface area contributed by atoms with Gasteiger partial charge in [-0.05, 0) is 49.0 Å². The van der Waals surface area contributed by atoms with E-state index in [1.807, 2.05) is 24.3 Å². The van der Waals surface area contributed by atoms with Gasteiger partial charge in [-0.15, -0.1) is 0 Å². The third-order valence-electron chi connectivity index (χ3n) is 5.68. The molecular weight excluding hydrogens is 346 g/mol. The van der Waals surface area contributed by atoms with Crippen molar-refractivity contribution in [2.75, 3.05) is 0 Å². The molecule has 5 nitrogen and oxygen atoms in total. The Balaban J connectivity index is 1.46. The van der Waals surface area contributed by atoms with Crippen LogP contribution in [0, 0.1) is 11.7 Å². The summed E-state index contributed by atoms with van der Waals surface area (Å²) in [5.74, 6) is -0.168. The van der Waals surface area contributed by atoms with E-state index in [1.54, 1.807) is 6.07 Å². The predicted molar refractivity (Wildman–Crippen MR) is 105 cm³/mol. The number of hydrogen-bond acceptors (Lipinski definition) is 5. The topological polar surface area (TPSA) is 98.7 Å². The maximum atomic E-state index is 13.9. The van der Waals surface area contributed by atoms with Crippen LogP contribution in [0.2, 0.25) is 6.32 Å². The highest BCUT2D eigenvalue weighted by atomic mass is 19.1. The van der Waals surface area contributed by atoms with E-state index in [1.165, 1.54) is 6.07 Å². The smallest absolute Gasteiger partial charge is 0.427 e. The Morgan fingerprint density at radius 1 is 1.11 bits per heavy atom. The molecule has 0 aromatic heterocycles. The Hall–Kier alpha value is -1.51. The zero-order valence-electron chi connectivity index (χ0n) is 15.4. The Kier molecular flexibility index (Phi) is 6.50. The lowest BCUT2D eigenvalue weighted by molar-refractivity contribution is -0.0646. The fourth-order valence-electron chi connectivity index (χ4n) is 3.87. The van der Waals surface area contributed by atoms with E-state index >= 15 is 0 Å². The molecule has 6 N–H and O–H groups in total. The number of aliphatic hydroxyl groups is 1. The van der Waals surface area contributed by atoms with E-state index in [-0.39, 0.29) is 17.8 Å². The molecule has 27 heavy (non-hydrogen) atoms. The van der Waals surface area contributed by atoms with Crippen molar-refractivity contribution in [3.05, 3.63) is 47.8 Å². The minimum Gasteiger partial charge on any atom is -0.427 e. The van der Waals surface area contributed by atoms with Crippen LogP contribution in [0.5, 0.6) is 0 Å². The van der Waals surface area contributed by atoms with Crippen molar-refractivity contribution in [1.82, 2.24) is 5.32 Å². The molecule has 0 radical (unpaired) electrons. The lowest BCUT2D eigenvalue weighted by Crippen LogP contribution is -2.56. The van der Waals surface area contributed by atoms with Crippen molar-refractivity contribution in [2.24, 2.45) is 11.7 Å².